The van der Waals surface area contributed by atoms with E-state index in [0.29, 0.717) is 30.6 Å². The van der Waals surface area contributed by atoms with Crippen LogP contribution in [0.5, 0.6) is 0 Å². The Hall–Kier alpha value is -2.15. The molecule has 1 heterocycles. The van der Waals surface area contributed by atoms with E-state index in [9.17, 15) is 9.59 Å². The Morgan fingerprint density at radius 3 is 2.81 bits per heavy atom. The first-order chi connectivity index (χ1) is 12.6. The van der Waals surface area contributed by atoms with Crippen molar-refractivity contribution >= 4 is 38.6 Å². The molecule has 140 valence electrons. The number of carbonyl (C=O) groups excluding carboxylic acids is 2. The van der Waals surface area contributed by atoms with E-state index in [-0.39, 0.29) is 11.9 Å². The van der Waals surface area contributed by atoms with Gasteiger partial charge in [0.2, 0.25) is 5.91 Å². The van der Waals surface area contributed by atoms with Gasteiger partial charge in [0.25, 0.3) is 0 Å². The number of nitrogens with one attached hydrogen (secondary N) is 3. The number of benzene rings is 1. The zero-order valence-electron chi connectivity index (χ0n) is 15.1. The predicted molar refractivity (Wildman–Crippen MR) is 106 cm³/mol. The highest BCUT2D eigenvalue weighted by atomic mass is 32.1. The maximum Gasteiger partial charge on any atom is 0.315 e. The molecule has 2 aromatic rings. The molecule has 7 heteroatoms. The van der Waals surface area contributed by atoms with Gasteiger partial charge in [0.05, 0.1) is 10.2 Å². The SMILES string of the molecule is Cc1cccc2sc(NC(=O)CCCNC(=O)NC3CCCCC3)nc12. The highest BCUT2D eigenvalue weighted by Gasteiger charge is 2.15. The number of carbonyl (C=O) groups is 2. The summed E-state index contributed by atoms with van der Waals surface area (Å²) in [7, 11) is 0. The molecule has 1 aromatic heterocycles. The van der Waals surface area contributed by atoms with Crippen LogP contribution in [-0.4, -0.2) is 29.5 Å². The topological polar surface area (TPSA) is 83.1 Å². The van der Waals surface area contributed by atoms with Crippen LogP contribution in [0.2, 0.25) is 0 Å². The number of aryl methyl sites for hydroxylation is 1. The quantitative estimate of drug-likeness (QED) is 0.669. The molecule has 0 spiro atoms. The summed E-state index contributed by atoms with van der Waals surface area (Å²) >= 11 is 1.48. The van der Waals surface area contributed by atoms with Crippen LogP contribution < -0.4 is 16.0 Å². The first kappa shape index (κ1) is 18.6. The summed E-state index contributed by atoms with van der Waals surface area (Å²) in [6.07, 6.45) is 6.75. The lowest BCUT2D eigenvalue weighted by atomic mass is 9.96. The number of nitrogens with zero attached hydrogens (tertiary/aromatic N) is 1. The van der Waals surface area contributed by atoms with Gasteiger partial charge in [-0.1, -0.05) is 42.7 Å². The molecular formula is C19H26N4O2S. The molecular weight excluding hydrogens is 348 g/mol. The lowest BCUT2D eigenvalue weighted by molar-refractivity contribution is -0.116. The van der Waals surface area contributed by atoms with Crippen molar-refractivity contribution < 1.29 is 9.59 Å². The van der Waals surface area contributed by atoms with Gasteiger partial charge in [0.1, 0.15) is 0 Å². The number of hydrogen-bond acceptors (Lipinski definition) is 4. The zero-order valence-corrected chi connectivity index (χ0v) is 16.0. The molecule has 26 heavy (non-hydrogen) atoms. The van der Waals surface area contributed by atoms with E-state index in [1.54, 1.807) is 0 Å². The Balaban J connectivity index is 1.35. The standard InChI is InChI=1S/C19H26N4O2S/c1-13-7-5-10-15-17(13)23-19(26-15)22-16(24)11-6-12-20-18(25)21-14-8-3-2-4-9-14/h5,7,10,14H,2-4,6,8-9,11-12H2,1H3,(H2,20,21,25)(H,22,23,24). The van der Waals surface area contributed by atoms with Crippen LogP contribution in [0.4, 0.5) is 9.93 Å². The highest BCUT2D eigenvalue weighted by molar-refractivity contribution is 7.22. The van der Waals surface area contributed by atoms with E-state index in [4.69, 9.17) is 0 Å². The van der Waals surface area contributed by atoms with Crippen molar-refractivity contribution in [2.45, 2.75) is 57.9 Å². The second-order valence-electron chi connectivity index (χ2n) is 6.83. The Morgan fingerprint density at radius 2 is 2.04 bits per heavy atom. The summed E-state index contributed by atoms with van der Waals surface area (Å²) in [5.41, 5.74) is 2.04. The maximum absolute atomic E-state index is 12.1. The smallest absolute Gasteiger partial charge is 0.315 e. The number of thiazole rings is 1. The number of fused-ring (bicyclic) bond motifs is 1. The average molecular weight is 375 g/mol. The summed E-state index contributed by atoms with van der Waals surface area (Å²) in [5, 5.41) is 9.32. The molecule has 3 rings (SSSR count). The van der Waals surface area contributed by atoms with Crippen LogP contribution >= 0.6 is 11.3 Å². The van der Waals surface area contributed by atoms with Crippen molar-refractivity contribution in [2.24, 2.45) is 0 Å². The molecule has 0 aliphatic heterocycles. The van der Waals surface area contributed by atoms with Crippen molar-refractivity contribution in [3.63, 3.8) is 0 Å². The molecule has 1 aromatic carbocycles. The van der Waals surface area contributed by atoms with Gasteiger partial charge in [-0.25, -0.2) is 9.78 Å². The Bertz CT molecular complexity index is 768. The molecule has 3 amide bonds. The Morgan fingerprint density at radius 1 is 1.23 bits per heavy atom. The number of rotatable bonds is 6. The van der Waals surface area contributed by atoms with Crippen LogP contribution in [0, 0.1) is 6.92 Å². The third kappa shape index (κ3) is 5.17. The number of anilines is 1. The van der Waals surface area contributed by atoms with E-state index in [1.807, 2.05) is 25.1 Å². The van der Waals surface area contributed by atoms with Crippen molar-refractivity contribution in [3.05, 3.63) is 23.8 Å². The van der Waals surface area contributed by atoms with Crippen LogP contribution in [-0.2, 0) is 4.79 Å². The maximum atomic E-state index is 12.1. The summed E-state index contributed by atoms with van der Waals surface area (Å²) in [6.45, 7) is 2.50. The van der Waals surface area contributed by atoms with Gasteiger partial charge in [-0.3, -0.25) is 4.79 Å². The lowest BCUT2D eigenvalue weighted by Gasteiger charge is -2.22. The average Bonchev–Trinajstić information content (AvgIpc) is 3.03. The molecule has 6 nitrogen and oxygen atoms in total. The molecule has 0 bridgehead atoms. The first-order valence-electron chi connectivity index (χ1n) is 9.32. The van der Waals surface area contributed by atoms with E-state index >= 15 is 0 Å². The van der Waals surface area contributed by atoms with Crippen LogP contribution in [0.1, 0.15) is 50.5 Å². The molecule has 0 unspecified atom stereocenters. The normalized spacial score (nSPS) is 15.0. The van der Waals surface area contributed by atoms with Gasteiger partial charge in [0, 0.05) is 19.0 Å². The number of hydrogen-bond donors (Lipinski definition) is 3. The monoisotopic (exact) mass is 374 g/mol. The second kappa shape index (κ2) is 8.98. The molecule has 0 atom stereocenters. The van der Waals surface area contributed by atoms with Crippen molar-refractivity contribution in [2.75, 3.05) is 11.9 Å². The molecule has 0 saturated heterocycles. The van der Waals surface area contributed by atoms with Gasteiger partial charge < -0.3 is 16.0 Å². The highest BCUT2D eigenvalue weighted by Crippen LogP contribution is 2.27. The molecule has 1 aliphatic carbocycles. The van der Waals surface area contributed by atoms with Crippen molar-refractivity contribution in [1.82, 2.24) is 15.6 Å². The van der Waals surface area contributed by atoms with Gasteiger partial charge in [-0.05, 0) is 37.8 Å². The first-order valence-corrected chi connectivity index (χ1v) is 10.1. The van der Waals surface area contributed by atoms with E-state index in [0.717, 1.165) is 28.6 Å². The molecule has 0 radical (unpaired) electrons. The minimum absolute atomic E-state index is 0.0730. The van der Waals surface area contributed by atoms with Gasteiger partial charge in [-0.2, -0.15) is 0 Å². The van der Waals surface area contributed by atoms with Gasteiger partial charge >= 0.3 is 6.03 Å². The molecule has 1 saturated carbocycles. The van der Waals surface area contributed by atoms with E-state index in [2.05, 4.69) is 20.9 Å². The summed E-state index contributed by atoms with van der Waals surface area (Å²) in [5.74, 6) is -0.0730. The Labute approximate surface area is 157 Å². The van der Waals surface area contributed by atoms with E-state index in [1.165, 1.54) is 30.6 Å². The lowest BCUT2D eigenvalue weighted by Crippen LogP contribution is -2.43. The fraction of sp³-hybridized carbons (Fsp3) is 0.526. The third-order valence-electron chi connectivity index (χ3n) is 4.67. The third-order valence-corrected chi connectivity index (χ3v) is 5.61. The second-order valence-corrected chi connectivity index (χ2v) is 7.86. The fourth-order valence-corrected chi connectivity index (χ4v) is 4.22. The number of urea groups is 1. The number of aromatic nitrogens is 1. The zero-order chi connectivity index (χ0) is 18.4. The van der Waals surface area contributed by atoms with Crippen molar-refractivity contribution in [1.29, 1.82) is 0 Å². The Kier molecular flexibility index (Phi) is 6.44. The van der Waals surface area contributed by atoms with Crippen LogP contribution in [0.25, 0.3) is 10.2 Å². The van der Waals surface area contributed by atoms with Gasteiger partial charge in [0.15, 0.2) is 5.13 Å². The largest absolute Gasteiger partial charge is 0.338 e. The predicted octanol–water partition coefficient (Wildman–Crippen LogP) is 3.96. The van der Waals surface area contributed by atoms with Gasteiger partial charge in [-0.15, -0.1) is 0 Å². The fourth-order valence-electron chi connectivity index (χ4n) is 3.26. The minimum Gasteiger partial charge on any atom is -0.338 e. The summed E-state index contributed by atoms with van der Waals surface area (Å²) in [6, 6.07) is 6.18. The molecule has 1 fully saturated rings. The van der Waals surface area contributed by atoms with E-state index < -0.39 is 0 Å². The minimum atomic E-state index is -0.126. The van der Waals surface area contributed by atoms with Crippen molar-refractivity contribution in [3.8, 4) is 0 Å². The van der Waals surface area contributed by atoms with Crippen LogP contribution in [0.3, 0.4) is 0 Å². The molecule has 3 N–H and O–H groups in total. The summed E-state index contributed by atoms with van der Waals surface area (Å²) < 4.78 is 1.07. The molecule has 1 aliphatic rings. The number of amides is 3. The summed E-state index contributed by atoms with van der Waals surface area (Å²) in [4.78, 5) is 28.4. The van der Waals surface area contributed by atoms with Crippen LogP contribution in [0.15, 0.2) is 18.2 Å². The number of para-hydroxylation sites is 1.